The minimum Gasteiger partial charge on any atom is -0.384 e. The van der Waals surface area contributed by atoms with Gasteiger partial charge in [0.1, 0.15) is 15.5 Å². The van der Waals surface area contributed by atoms with Gasteiger partial charge < -0.3 is 10.4 Å². The second-order valence-corrected chi connectivity index (χ2v) is 9.86. The van der Waals surface area contributed by atoms with Gasteiger partial charge in [-0.15, -0.1) is 4.36 Å². The predicted octanol–water partition coefficient (Wildman–Crippen LogP) is 2.61. The zero-order valence-electron chi connectivity index (χ0n) is 16.6. The number of carbonyl (C=O) groups is 1. The highest BCUT2D eigenvalue weighted by molar-refractivity contribution is 7.91. The van der Waals surface area contributed by atoms with E-state index in [0.29, 0.717) is 5.69 Å². The lowest BCUT2D eigenvalue weighted by atomic mass is 10.1. The van der Waals surface area contributed by atoms with E-state index < -0.39 is 21.5 Å². The van der Waals surface area contributed by atoms with Crippen LogP contribution in [0.4, 0.5) is 10.5 Å². The minimum atomic E-state index is -3.47. The zero-order chi connectivity index (χ0) is 20.8. The van der Waals surface area contributed by atoms with Crippen molar-refractivity contribution in [3.05, 3.63) is 46.5 Å². The monoisotopic (exact) mass is 415 g/mol. The molecule has 0 aromatic carbocycles. The van der Waals surface area contributed by atoms with Crippen molar-refractivity contribution >= 4 is 21.6 Å². The van der Waals surface area contributed by atoms with E-state index in [1.807, 2.05) is 0 Å². The van der Waals surface area contributed by atoms with Crippen molar-refractivity contribution in [1.29, 1.82) is 0 Å². The Morgan fingerprint density at radius 1 is 1.17 bits per heavy atom. The zero-order valence-corrected chi connectivity index (χ0v) is 17.4. The molecule has 1 atom stereocenters. The summed E-state index contributed by atoms with van der Waals surface area (Å²) in [5.74, 6) is 0. The van der Waals surface area contributed by atoms with Gasteiger partial charge in [0.2, 0.25) is 0 Å². The standard InChI is InChI=1S/C20H25N5O3S/c1-20(2,27)17-10-9-12(11-22-17)29(21,28)25-19(26)24-18-13-5-3-7-15(13)23-16-8-4-6-14(16)18/h9-11,27H,3-8H2,1-2H3,(H3,21,23,24,25,26,28)/t29-/m0/s1. The number of nitrogens with two attached hydrogens (primary N) is 1. The number of amides is 2. The van der Waals surface area contributed by atoms with E-state index in [-0.39, 0.29) is 4.90 Å². The van der Waals surface area contributed by atoms with Crippen LogP contribution < -0.4 is 10.5 Å². The Morgan fingerprint density at radius 2 is 1.79 bits per heavy atom. The highest BCUT2D eigenvalue weighted by atomic mass is 32.2. The van der Waals surface area contributed by atoms with Crippen molar-refractivity contribution in [3.8, 4) is 0 Å². The van der Waals surface area contributed by atoms with Crippen molar-refractivity contribution in [2.45, 2.75) is 62.9 Å². The lowest BCUT2D eigenvalue weighted by molar-refractivity contribution is 0.0737. The van der Waals surface area contributed by atoms with Gasteiger partial charge in [-0.25, -0.2) is 14.1 Å². The lowest BCUT2D eigenvalue weighted by Gasteiger charge is -2.16. The molecule has 29 heavy (non-hydrogen) atoms. The van der Waals surface area contributed by atoms with Gasteiger partial charge in [0, 0.05) is 17.6 Å². The quantitative estimate of drug-likeness (QED) is 0.709. The molecule has 2 aliphatic rings. The number of urea groups is 1. The average Bonchev–Trinajstić information content (AvgIpc) is 3.29. The first kappa shape index (κ1) is 19.9. The normalized spacial score (nSPS) is 17.4. The third-order valence-electron chi connectivity index (χ3n) is 5.40. The van der Waals surface area contributed by atoms with Crippen LogP contribution in [-0.4, -0.2) is 25.3 Å². The highest BCUT2D eigenvalue weighted by Gasteiger charge is 2.27. The molecule has 2 heterocycles. The molecule has 2 aliphatic carbocycles. The molecule has 0 radical (unpaired) electrons. The average molecular weight is 416 g/mol. The van der Waals surface area contributed by atoms with Crippen LogP contribution in [0.2, 0.25) is 0 Å². The van der Waals surface area contributed by atoms with Gasteiger partial charge in [-0.3, -0.25) is 9.97 Å². The van der Waals surface area contributed by atoms with Gasteiger partial charge in [0.05, 0.1) is 16.3 Å². The molecule has 0 unspecified atom stereocenters. The molecule has 8 nitrogen and oxygen atoms in total. The number of pyridine rings is 2. The summed E-state index contributed by atoms with van der Waals surface area (Å²) in [7, 11) is -3.47. The maximum atomic E-state index is 12.9. The molecule has 0 fully saturated rings. The number of hydrogen-bond acceptors (Lipinski definition) is 5. The summed E-state index contributed by atoms with van der Waals surface area (Å²) in [6.07, 6.45) is 6.87. The molecule has 2 amide bonds. The number of nitrogens with one attached hydrogen (secondary N) is 1. The molecular weight excluding hydrogens is 390 g/mol. The maximum absolute atomic E-state index is 12.9. The number of nitrogens with zero attached hydrogens (tertiary/aromatic N) is 3. The first-order chi connectivity index (χ1) is 13.6. The van der Waals surface area contributed by atoms with Gasteiger partial charge in [-0.05, 0) is 75.6 Å². The van der Waals surface area contributed by atoms with Crippen LogP contribution in [0, 0.1) is 0 Å². The summed E-state index contributed by atoms with van der Waals surface area (Å²) in [4.78, 5) is 21.6. The van der Waals surface area contributed by atoms with Crippen molar-refractivity contribution in [2.75, 3.05) is 5.32 Å². The van der Waals surface area contributed by atoms with Crippen LogP contribution >= 0.6 is 0 Å². The van der Waals surface area contributed by atoms with Crippen LogP contribution in [0.3, 0.4) is 0 Å². The Balaban J connectivity index is 1.63. The molecule has 0 saturated carbocycles. The summed E-state index contributed by atoms with van der Waals surface area (Å²) in [6.45, 7) is 3.19. The number of hydrogen-bond donors (Lipinski definition) is 3. The number of carbonyl (C=O) groups excluding carboxylic acids is 1. The van der Waals surface area contributed by atoms with Crippen LogP contribution in [-0.2, 0) is 41.2 Å². The number of rotatable bonds is 3. The highest BCUT2D eigenvalue weighted by Crippen LogP contribution is 2.36. The molecular formula is C20H25N5O3S. The molecule has 9 heteroatoms. The Hall–Kier alpha value is -2.36. The van der Waals surface area contributed by atoms with Crippen molar-refractivity contribution in [2.24, 2.45) is 9.50 Å². The molecule has 2 aromatic rings. The summed E-state index contributed by atoms with van der Waals surface area (Å²) in [5.41, 5.74) is 4.26. The third-order valence-corrected chi connectivity index (χ3v) is 6.76. The van der Waals surface area contributed by atoms with Crippen molar-refractivity contribution in [1.82, 2.24) is 9.97 Å². The van der Waals surface area contributed by atoms with Gasteiger partial charge in [0.25, 0.3) is 0 Å². The molecule has 2 aromatic heterocycles. The van der Waals surface area contributed by atoms with Crippen LogP contribution in [0.25, 0.3) is 0 Å². The number of fused-ring (bicyclic) bond motifs is 2. The van der Waals surface area contributed by atoms with E-state index in [0.717, 1.165) is 66.7 Å². The molecule has 0 bridgehead atoms. The number of aromatic nitrogens is 2. The second-order valence-electron chi connectivity index (χ2n) is 8.07. The fourth-order valence-corrected chi connectivity index (χ4v) is 4.82. The Labute approximate surface area is 170 Å². The van der Waals surface area contributed by atoms with E-state index in [1.165, 1.54) is 18.3 Å². The molecule has 0 spiro atoms. The summed E-state index contributed by atoms with van der Waals surface area (Å²) in [5, 5.41) is 18.7. The van der Waals surface area contributed by atoms with Gasteiger partial charge in [0.15, 0.2) is 0 Å². The summed E-state index contributed by atoms with van der Waals surface area (Å²) in [6, 6.07) is 2.26. The van der Waals surface area contributed by atoms with Crippen LogP contribution in [0.1, 0.15) is 54.9 Å². The molecule has 4 rings (SSSR count). The number of aryl methyl sites for hydroxylation is 2. The second kappa shape index (κ2) is 7.16. The van der Waals surface area contributed by atoms with Crippen LogP contribution in [0.15, 0.2) is 27.6 Å². The maximum Gasteiger partial charge on any atom is 0.354 e. The summed E-state index contributed by atoms with van der Waals surface area (Å²) < 4.78 is 16.6. The topological polar surface area (TPSA) is 131 Å². The molecule has 4 N–H and O–H groups in total. The lowest BCUT2D eigenvalue weighted by Crippen LogP contribution is -2.21. The Bertz CT molecular complexity index is 1060. The third kappa shape index (κ3) is 3.90. The molecule has 0 saturated heterocycles. The smallest absolute Gasteiger partial charge is 0.354 e. The van der Waals surface area contributed by atoms with Crippen LogP contribution in [0.5, 0.6) is 0 Å². The van der Waals surface area contributed by atoms with E-state index in [4.69, 9.17) is 10.1 Å². The first-order valence-corrected chi connectivity index (χ1v) is 11.3. The van der Waals surface area contributed by atoms with E-state index >= 15 is 0 Å². The van der Waals surface area contributed by atoms with Gasteiger partial charge in [-0.1, -0.05) is 0 Å². The van der Waals surface area contributed by atoms with E-state index in [1.54, 1.807) is 13.8 Å². The fraction of sp³-hybridized carbons (Fsp3) is 0.450. The first-order valence-electron chi connectivity index (χ1n) is 9.73. The van der Waals surface area contributed by atoms with E-state index in [9.17, 15) is 14.1 Å². The molecule has 154 valence electrons. The number of aliphatic hydroxyl groups is 1. The SMILES string of the molecule is CC(C)(O)c1ccc([S@@](N)(=O)=NC(=O)Nc2c3c(nc4c2CCC4)CCC3)cn1. The summed E-state index contributed by atoms with van der Waals surface area (Å²) >= 11 is 0. The Morgan fingerprint density at radius 3 is 2.31 bits per heavy atom. The van der Waals surface area contributed by atoms with Gasteiger partial charge in [-0.2, -0.15) is 0 Å². The van der Waals surface area contributed by atoms with Crippen molar-refractivity contribution < 1.29 is 14.1 Å². The largest absolute Gasteiger partial charge is 0.384 e. The molecule has 0 aliphatic heterocycles. The van der Waals surface area contributed by atoms with Crippen molar-refractivity contribution in [3.63, 3.8) is 0 Å². The van der Waals surface area contributed by atoms with E-state index in [2.05, 4.69) is 14.7 Å². The fourth-order valence-electron chi connectivity index (χ4n) is 3.96. The number of anilines is 1. The Kier molecular flexibility index (Phi) is 4.92. The predicted molar refractivity (Wildman–Crippen MR) is 110 cm³/mol. The minimum absolute atomic E-state index is 0.130. The van der Waals surface area contributed by atoms with Gasteiger partial charge >= 0.3 is 6.03 Å².